The lowest BCUT2D eigenvalue weighted by molar-refractivity contribution is -0.192. The van der Waals surface area contributed by atoms with E-state index in [2.05, 4.69) is 4.98 Å². The van der Waals surface area contributed by atoms with Gasteiger partial charge in [0.05, 0.1) is 5.92 Å². The van der Waals surface area contributed by atoms with Gasteiger partial charge in [0.25, 0.3) is 5.91 Å². The number of pyridine rings is 1. The van der Waals surface area contributed by atoms with Crippen LogP contribution in [0.25, 0.3) is 11.1 Å². The summed E-state index contributed by atoms with van der Waals surface area (Å²) >= 11 is 0. The second kappa shape index (κ2) is 9.86. The van der Waals surface area contributed by atoms with Crippen molar-refractivity contribution in [2.45, 2.75) is 19.0 Å². The Morgan fingerprint density at radius 2 is 1.53 bits per heavy atom. The number of aliphatic carboxylic acids is 2. The summed E-state index contributed by atoms with van der Waals surface area (Å²) in [5.41, 5.74) is 2.65. The zero-order valence-corrected chi connectivity index (χ0v) is 15.7. The molecule has 3 rings (SSSR count). The molecule has 1 saturated heterocycles. The monoisotopic (exact) mass is 424 g/mol. The minimum Gasteiger partial charge on any atom is -0.481 e. The Labute approximate surface area is 169 Å². The Hall–Kier alpha value is -3.43. The topological polar surface area (TPSA) is 108 Å². The van der Waals surface area contributed by atoms with Crippen molar-refractivity contribution in [2.75, 3.05) is 13.1 Å². The van der Waals surface area contributed by atoms with Gasteiger partial charge in [-0.2, -0.15) is 13.2 Å². The van der Waals surface area contributed by atoms with Crippen LogP contribution in [0.1, 0.15) is 23.2 Å². The molecular weight excluding hydrogens is 405 g/mol. The summed E-state index contributed by atoms with van der Waals surface area (Å²) in [6, 6.07) is 11.3. The van der Waals surface area contributed by atoms with E-state index in [-0.39, 0.29) is 11.8 Å². The van der Waals surface area contributed by atoms with Gasteiger partial charge in [-0.05, 0) is 42.2 Å². The minimum absolute atomic E-state index is 0.0356. The van der Waals surface area contributed by atoms with Gasteiger partial charge in [-0.25, -0.2) is 4.79 Å². The molecule has 0 aliphatic carbocycles. The Bertz CT molecular complexity index is 878. The van der Waals surface area contributed by atoms with Crippen molar-refractivity contribution in [1.29, 1.82) is 0 Å². The molecule has 1 aromatic carbocycles. The number of carboxylic acids is 2. The first-order valence-corrected chi connectivity index (χ1v) is 8.92. The fourth-order valence-electron chi connectivity index (χ4n) is 2.85. The van der Waals surface area contributed by atoms with Crippen LogP contribution in [-0.2, 0) is 9.59 Å². The number of nitrogens with zero attached hydrogens (tertiary/aromatic N) is 2. The molecule has 0 saturated carbocycles. The van der Waals surface area contributed by atoms with Crippen molar-refractivity contribution >= 4 is 17.8 Å². The van der Waals surface area contributed by atoms with Crippen LogP contribution in [0, 0.1) is 5.92 Å². The van der Waals surface area contributed by atoms with Crippen LogP contribution in [0.3, 0.4) is 0 Å². The van der Waals surface area contributed by atoms with Gasteiger partial charge in [0.2, 0.25) is 0 Å². The number of rotatable bonds is 3. The van der Waals surface area contributed by atoms with Gasteiger partial charge in [-0.15, -0.1) is 0 Å². The van der Waals surface area contributed by atoms with Gasteiger partial charge in [-0.1, -0.05) is 18.2 Å². The number of carbonyl (C=O) groups excluding carboxylic acids is 1. The molecule has 30 heavy (non-hydrogen) atoms. The minimum atomic E-state index is -5.08. The number of alkyl halides is 3. The molecule has 0 unspecified atom stereocenters. The summed E-state index contributed by atoms with van der Waals surface area (Å²) in [4.78, 5) is 38.2. The quantitative estimate of drug-likeness (QED) is 0.783. The maximum absolute atomic E-state index is 12.5. The van der Waals surface area contributed by atoms with E-state index in [0.29, 0.717) is 31.5 Å². The van der Waals surface area contributed by atoms with Gasteiger partial charge < -0.3 is 15.1 Å². The lowest BCUT2D eigenvalue weighted by Gasteiger charge is -2.30. The predicted molar refractivity (Wildman–Crippen MR) is 99.6 cm³/mol. The first-order valence-electron chi connectivity index (χ1n) is 8.92. The molecule has 0 radical (unpaired) electrons. The number of benzene rings is 1. The van der Waals surface area contributed by atoms with Crippen LogP contribution in [0.2, 0.25) is 0 Å². The van der Waals surface area contributed by atoms with Crippen LogP contribution in [-0.4, -0.2) is 57.2 Å². The standard InChI is InChI=1S/C18H18N2O3.C2HF3O2/c21-17(20-10-7-15(8-11-20)18(22)23)14-5-3-13(4-6-14)16-2-1-9-19-12-16;3-2(4,5)1(6)7/h1-6,9,12,15H,7-8,10-11H2,(H,22,23);(H,6,7). The van der Waals surface area contributed by atoms with Crippen molar-refractivity contribution < 1.29 is 37.8 Å². The third-order valence-electron chi connectivity index (χ3n) is 4.50. The summed E-state index contributed by atoms with van der Waals surface area (Å²) in [7, 11) is 0. The second-order valence-corrected chi connectivity index (χ2v) is 6.53. The molecule has 0 spiro atoms. The van der Waals surface area contributed by atoms with Crippen LogP contribution in [0.15, 0.2) is 48.8 Å². The SMILES string of the molecule is O=C(O)C(F)(F)F.O=C(O)C1CCN(C(=O)c2ccc(-c3cccnc3)cc2)CC1. The summed E-state index contributed by atoms with van der Waals surface area (Å²) in [6.07, 6.45) is -0.528. The van der Waals surface area contributed by atoms with E-state index in [1.165, 1.54) is 0 Å². The number of carbonyl (C=O) groups is 3. The highest BCUT2D eigenvalue weighted by Gasteiger charge is 2.38. The highest BCUT2D eigenvalue weighted by Crippen LogP contribution is 2.22. The van der Waals surface area contributed by atoms with Crippen molar-refractivity contribution in [2.24, 2.45) is 5.92 Å². The molecule has 0 atom stereocenters. The van der Waals surface area contributed by atoms with Gasteiger partial charge >= 0.3 is 18.1 Å². The average molecular weight is 424 g/mol. The number of piperidine rings is 1. The molecule has 2 N–H and O–H groups in total. The number of hydrogen-bond acceptors (Lipinski definition) is 4. The van der Waals surface area contributed by atoms with E-state index in [9.17, 15) is 22.8 Å². The molecule has 1 aromatic heterocycles. The largest absolute Gasteiger partial charge is 0.490 e. The third kappa shape index (κ3) is 6.29. The lowest BCUT2D eigenvalue weighted by Crippen LogP contribution is -2.40. The Balaban J connectivity index is 0.000000396. The number of halogens is 3. The number of hydrogen-bond donors (Lipinski definition) is 2. The molecule has 1 aliphatic heterocycles. The first kappa shape index (κ1) is 22.9. The molecule has 160 valence electrons. The number of aromatic nitrogens is 1. The molecule has 7 nitrogen and oxygen atoms in total. The zero-order valence-electron chi connectivity index (χ0n) is 15.7. The van der Waals surface area contributed by atoms with E-state index < -0.39 is 18.1 Å². The summed E-state index contributed by atoms with van der Waals surface area (Å²) in [6.45, 7) is 1.00. The van der Waals surface area contributed by atoms with Gasteiger partial charge in [0.1, 0.15) is 0 Å². The average Bonchev–Trinajstić information content (AvgIpc) is 2.74. The van der Waals surface area contributed by atoms with Crippen LogP contribution >= 0.6 is 0 Å². The maximum atomic E-state index is 12.5. The summed E-state index contributed by atoms with van der Waals surface area (Å²) < 4.78 is 31.7. The first-order chi connectivity index (χ1) is 14.1. The van der Waals surface area contributed by atoms with Crippen molar-refractivity contribution in [3.63, 3.8) is 0 Å². The normalized spacial score (nSPS) is 14.4. The Morgan fingerprint density at radius 1 is 0.967 bits per heavy atom. The third-order valence-corrected chi connectivity index (χ3v) is 4.50. The van der Waals surface area contributed by atoms with E-state index in [1.807, 2.05) is 36.4 Å². The molecule has 1 amide bonds. The van der Waals surface area contributed by atoms with Crippen molar-refractivity contribution in [1.82, 2.24) is 9.88 Å². The Kier molecular flexibility index (Phi) is 7.51. The molecule has 1 aliphatic rings. The van der Waals surface area contributed by atoms with Crippen LogP contribution in [0.4, 0.5) is 13.2 Å². The second-order valence-electron chi connectivity index (χ2n) is 6.53. The number of carboxylic acid groups (broad SMARTS) is 2. The number of amides is 1. The highest BCUT2D eigenvalue weighted by atomic mass is 19.4. The number of likely N-dealkylation sites (tertiary alicyclic amines) is 1. The van der Waals surface area contributed by atoms with Crippen molar-refractivity contribution in [3.05, 3.63) is 54.4 Å². The fourth-order valence-corrected chi connectivity index (χ4v) is 2.85. The van der Waals surface area contributed by atoms with Crippen LogP contribution in [0.5, 0.6) is 0 Å². The highest BCUT2D eigenvalue weighted by molar-refractivity contribution is 5.94. The molecule has 0 bridgehead atoms. The van der Waals surface area contributed by atoms with Crippen molar-refractivity contribution in [3.8, 4) is 11.1 Å². The van der Waals surface area contributed by atoms with Crippen LogP contribution < -0.4 is 0 Å². The Morgan fingerprint density at radius 3 is 1.97 bits per heavy atom. The van der Waals surface area contributed by atoms with Gasteiger partial charge in [-0.3, -0.25) is 14.6 Å². The smallest absolute Gasteiger partial charge is 0.481 e. The molecule has 2 aromatic rings. The molecular formula is C20H19F3N2O5. The van der Waals surface area contributed by atoms with E-state index in [1.54, 1.807) is 17.3 Å². The predicted octanol–water partition coefficient (Wildman–Crippen LogP) is 3.32. The van der Waals surface area contributed by atoms with Gasteiger partial charge in [0, 0.05) is 31.0 Å². The zero-order chi connectivity index (χ0) is 22.3. The fraction of sp³-hybridized carbons (Fsp3) is 0.300. The van der Waals surface area contributed by atoms with E-state index in [0.717, 1.165) is 11.1 Å². The van der Waals surface area contributed by atoms with E-state index in [4.69, 9.17) is 15.0 Å². The van der Waals surface area contributed by atoms with Gasteiger partial charge in [0.15, 0.2) is 0 Å². The summed E-state index contributed by atoms with van der Waals surface area (Å²) in [5, 5.41) is 16.1. The molecule has 2 heterocycles. The lowest BCUT2D eigenvalue weighted by atomic mass is 9.96. The molecule has 1 fully saturated rings. The van der Waals surface area contributed by atoms with E-state index >= 15 is 0 Å². The molecule has 10 heteroatoms. The summed E-state index contributed by atoms with van der Waals surface area (Å²) in [5.74, 6) is -3.89. The maximum Gasteiger partial charge on any atom is 0.490 e.